The molecule has 1 aromatic carbocycles. The first-order valence-electron chi connectivity index (χ1n) is 10.0. The Morgan fingerprint density at radius 1 is 1.07 bits per heavy atom. The smallest absolute Gasteiger partial charge is 0.242 e. The summed E-state index contributed by atoms with van der Waals surface area (Å²) in [6.45, 7) is 2.94. The summed E-state index contributed by atoms with van der Waals surface area (Å²) in [5.41, 5.74) is 1.75. The maximum absolute atomic E-state index is 12.7. The van der Waals surface area contributed by atoms with Crippen LogP contribution in [0.1, 0.15) is 31.0 Å². The number of likely N-dealkylation sites (N-methyl/N-ethyl adjacent to an activating group) is 1. The molecule has 2 heterocycles. The third-order valence-electron chi connectivity index (χ3n) is 4.92. The summed E-state index contributed by atoms with van der Waals surface area (Å²) in [6.07, 6.45) is 1.39. The minimum absolute atomic E-state index is 0.0662. The van der Waals surface area contributed by atoms with Crippen LogP contribution in [0.5, 0.6) is 0 Å². The van der Waals surface area contributed by atoms with E-state index in [1.54, 1.807) is 26.1 Å². The van der Waals surface area contributed by atoms with Crippen LogP contribution in [0.2, 0.25) is 0 Å². The first kappa shape index (κ1) is 21.5. The van der Waals surface area contributed by atoms with Gasteiger partial charge in [-0.1, -0.05) is 24.1 Å². The summed E-state index contributed by atoms with van der Waals surface area (Å²) in [5, 5.41) is 8.60. The average Bonchev–Trinajstić information content (AvgIpc) is 2.79. The van der Waals surface area contributed by atoms with Gasteiger partial charge < -0.3 is 20.7 Å². The fourth-order valence-electron chi connectivity index (χ4n) is 2.94. The van der Waals surface area contributed by atoms with E-state index in [0.717, 1.165) is 5.56 Å². The molecule has 1 unspecified atom stereocenters. The van der Waals surface area contributed by atoms with Crippen molar-refractivity contribution in [3.05, 3.63) is 53.7 Å². The molecule has 3 N–H and O–H groups in total. The third-order valence-corrected chi connectivity index (χ3v) is 4.92. The van der Waals surface area contributed by atoms with Crippen molar-refractivity contribution < 1.29 is 14.3 Å². The van der Waals surface area contributed by atoms with Gasteiger partial charge in [0.1, 0.15) is 11.5 Å². The average molecular weight is 406 g/mol. The highest BCUT2D eigenvalue weighted by molar-refractivity contribution is 5.95. The van der Waals surface area contributed by atoms with E-state index in [9.17, 15) is 9.59 Å². The van der Waals surface area contributed by atoms with Crippen LogP contribution in [-0.4, -0.2) is 43.1 Å². The number of hydrogen-bond donors (Lipinski definition) is 3. The van der Waals surface area contributed by atoms with Gasteiger partial charge in [0.05, 0.1) is 11.7 Å². The van der Waals surface area contributed by atoms with Crippen molar-refractivity contribution in [2.45, 2.75) is 25.8 Å². The number of carbonyl (C=O) groups excluding carboxylic acids is 2. The zero-order chi connectivity index (χ0) is 21.3. The predicted molar refractivity (Wildman–Crippen MR) is 116 cm³/mol. The molecule has 3 rings (SSSR count). The van der Waals surface area contributed by atoms with E-state index in [1.165, 1.54) is 0 Å². The molecule has 1 saturated heterocycles. The molecule has 0 aliphatic carbocycles. The highest BCUT2D eigenvalue weighted by Gasteiger charge is 2.22. The predicted octanol–water partition coefficient (Wildman–Crippen LogP) is 2.39. The Kier molecular flexibility index (Phi) is 7.55. The van der Waals surface area contributed by atoms with E-state index < -0.39 is 0 Å². The Balaban J connectivity index is 1.85. The highest BCUT2D eigenvalue weighted by atomic mass is 16.5. The molecule has 7 heteroatoms. The van der Waals surface area contributed by atoms with Crippen molar-refractivity contribution in [3.63, 3.8) is 0 Å². The van der Waals surface area contributed by atoms with E-state index in [4.69, 9.17) is 4.74 Å². The maximum Gasteiger partial charge on any atom is 0.242 e. The molecule has 1 aliphatic heterocycles. The topological polar surface area (TPSA) is 92.4 Å². The first-order chi connectivity index (χ1) is 14.6. The van der Waals surface area contributed by atoms with Crippen molar-refractivity contribution in [2.75, 3.05) is 30.9 Å². The number of rotatable bonds is 5. The molecule has 1 fully saturated rings. The second-order valence-electron chi connectivity index (χ2n) is 7.08. The second kappa shape index (κ2) is 10.5. The molecule has 1 aliphatic rings. The number of nitrogens with zero attached hydrogens (tertiary/aromatic N) is 1. The van der Waals surface area contributed by atoms with Crippen LogP contribution in [0.4, 0.5) is 11.5 Å². The fourth-order valence-corrected chi connectivity index (χ4v) is 2.94. The van der Waals surface area contributed by atoms with E-state index in [0.29, 0.717) is 43.3 Å². The number of amides is 2. The number of anilines is 2. The van der Waals surface area contributed by atoms with Gasteiger partial charge in [-0.05, 0) is 57.0 Å². The van der Waals surface area contributed by atoms with Crippen molar-refractivity contribution >= 4 is 23.3 Å². The summed E-state index contributed by atoms with van der Waals surface area (Å²) < 4.78 is 5.33. The Morgan fingerprint density at radius 2 is 1.80 bits per heavy atom. The molecule has 0 radical (unpaired) electrons. The maximum atomic E-state index is 12.7. The molecule has 0 bridgehead atoms. The Labute approximate surface area is 176 Å². The van der Waals surface area contributed by atoms with Gasteiger partial charge in [0.25, 0.3) is 0 Å². The van der Waals surface area contributed by atoms with Crippen LogP contribution in [0.3, 0.4) is 0 Å². The lowest BCUT2D eigenvalue weighted by Crippen LogP contribution is -2.35. The summed E-state index contributed by atoms with van der Waals surface area (Å²) in [7, 11) is 1.71. The Bertz CT molecular complexity index is 944. The number of nitrogens with one attached hydrogen (secondary N) is 3. The molecule has 0 spiro atoms. The SMILES string of the molecule is CNC(C)C(=O)Nc1ccc(NC(=O)C2CCOCC2)c(C#Cc2ccccc2)n1. The zero-order valence-electron chi connectivity index (χ0n) is 17.2. The number of hydrogen-bond acceptors (Lipinski definition) is 5. The van der Waals surface area contributed by atoms with Gasteiger partial charge in [0, 0.05) is 24.7 Å². The molecular weight excluding hydrogens is 380 g/mol. The number of carbonyl (C=O) groups is 2. The van der Waals surface area contributed by atoms with Gasteiger partial charge in [-0.15, -0.1) is 0 Å². The fraction of sp³-hybridized carbons (Fsp3) is 0.348. The van der Waals surface area contributed by atoms with Gasteiger partial charge in [-0.3, -0.25) is 9.59 Å². The molecule has 2 aromatic rings. The van der Waals surface area contributed by atoms with E-state index in [1.807, 2.05) is 30.3 Å². The van der Waals surface area contributed by atoms with Gasteiger partial charge in [0.2, 0.25) is 11.8 Å². The van der Waals surface area contributed by atoms with Crippen LogP contribution in [-0.2, 0) is 14.3 Å². The number of aromatic nitrogens is 1. The van der Waals surface area contributed by atoms with Gasteiger partial charge in [-0.25, -0.2) is 4.98 Å². The number of ether oxygens (including phenoxy) is 1. The van der Waals surface area contributed by atoms with Crippen LogP contribution in [0, 0.1) is 17.8 Å². The standard InChI is InChI=1S/C23H26N4O3/c1-16(24-2)22(28)27-21-11-10-20(26-23(29)18-12-14-30-15-13-18)19(25-21)9-8-17-6-4-3-5-7-17/h3-7,10-11,16,18,24H,12-15H2,1-2H3,(H,26,29)(H,25,27,28). The normalized spacial score (nSPS) is 14.9. The Hall–Kier alpha value is -3.21. The molecule has 1 atom stereocenters. The van der Waals surface area contributed by atoms with Crippen molar-refractivity contribution in [3.8, 4) is 11.8 Å². The number of benzene rings is 1. The summed E-state index contributed by atoms with van der Waals surface area (Å²) >= 11 is 0. The Morgan fingerprint density at radius 3 is 2.50 bits per heavy atom. The van der Waals surface area contributed by atoms with E-state index in [2.05, 4.69) is 32.8 Å². The second-order valence-corrected chi connectivity index (χ2v) is 7.08. The lowest BCUT2D eigenvalue weighted by molar-refractivity contribution is -0.122. The molecule has 2 amide bonds. The molecule has 1 aromatic heterocycles. The minimum atomic E-state index is -0.362. The molecular formula is C23H26N4O3. The third kappa shape index (κ3) is 5.89. The molecule has 30 heavy (non-hydrogen) atoms. The summed E-state index contributed by atoms with van der Waals surface area (Å²) in [5.74, 6) is 6.10. The largest absolute Gasteiger partial charge is 0.381 e. The van der Waals surface area contributed by atoms with Crippen LogP contribution in [0.15, 0.2) is 42.5 Å². The first-order valence-corrected chi connectivity index (χ1v) is 10.0. The van der Waals surface area contributed by atoms with Crippen molar-refractivity contribution in [2.24, 2.45) is 5.92 Å². The summed E-state index contributed by atoms with van der Waals surface area (Å²) in [4.78, 5) is 29.3. The van der Waals surface area contributed by atoms with Crippen molar-refractivity contribution in [1.82, 2.24) is 10.3 Å². The monoisotopic (exact) mass is 406 g/mol. The lowest BCUT2D eigenvalue weighted by atomic mass is 9.99. The van der Waals surface area contributed by atoms with Crippen LogP contribution >= 0.6 is 0 Å². The van der Waals surface area contributed by atoms with Crippen LogP contribution < -0.4 is 16.0 Å². The molecule has 7 nitrogen and oxygen atoms in total. The molecule has 0 saturated carbocycles. The lowest BCUT2D eigenvalue weighted by Gasteiger charge is -2.21. The zero-order valence-corrected chi connectivity index (χ0v) is 17.2. The number of pyridine rings is 1. The van der Waals surface area contributed by atoms with Gasteiger partial charge in [-0.2, -0.15) is 0 Å². The molecule has 156 valence electrons. The highest BCUT2D eigenvalue weighted by Crippen LogP contribution is 2.21. The van der Waals surface area contributed by atoms with Gasteiger partial charge in [0.15, 0.2) is 0 Å². The van der Waals surface area contributed by atoms with Gasteiger partial charge >= 0.3 is 0 Å². The van der Waals surface area contributed by atoms with E-state index >= 15 is 0 Å². The minimum Gasteiger partial charge on any atom is -0.381 e. The quantitative estimate of drug-likeness (QED) is 0.663. The van der Waals surface area contributed by atoms with Crippen LogP contribution in [0.25, 0.3) is 0 Å². The summed E-state index contributed by atoms with van der Waals surface area (Å²) in [6, 6.07) is 12.5. The van der Waals surface area contributed by atoms with E-state index in [-0.39, 0.29) is 23.8 Å². The van der Waals surface area contributed by atoms with Crippen molar-refractivity contribution in [1.29, 1.82) is 0 Å².